The van der Waals surface area contributed by atoms with Gasteiger partial charge in [0.25, 0.3) is 0 Å². The number of hydrogen-bond acceptors (Lipinski definition) is 3. The predicted molar refractivity (Wildman–Crippen MR) is 198 cm³/mol. The fourth-order valence-corrected chi connectivity index (χ4v) is 9.33. The number of aromatic nitrogens is 1. The highest BCUT2D eigenvalue weighted by Gasteiger charge is 2.41. The van der Waals surface area contributed by atoms with Gasteiger partial charge in [-0.3, -0.25) is 0 Å². The summed E-state index contributed by atoms with van der Waals surface area (Å²) in [6.07, 6.45) is 0. The van der Waals surface area contributed by atoms with Crippen molar-refractivity contribution in [3.63, 3.8) is 0 Å². The summed E-state index contributed by atoms with van der Waals surface area (Å²) in [6.45, 7) is 0.103. The van der Waals surface area contributed by atoms with Crippen molar-refractivity contribution in [2.75, 3.05) is 4.90 Å². The lowest BCUT2D eigenvalue weighted by Gasteiger charge is -2.35. The first-order chi connectivity index (χ1) is 23.3. The predicted octanol–water partition coefficient (Wildman–Crippen LogP) is 9.45. The van der Waals surface area contributed by atoms with E-state index in [1.165, 1.54) is 64.4 Å². The number of nitrogens with zero attached hydrogens (tertiary/aromatic N) is 2. The first-order valence-corrected chi connectivity index (χ1v) is 16.9. The minimum Gasteiger partial charge on any atom is -0.455 e. The summed E-state index contributed by atoms with van der Waals surface area (Å²) < 4.78 is 9.25. The van der Waals surface area contributed by atoms with Gasteiger partial charge in [0.1, 0.15) is 11.2 Å². The summed E-state index contributed by atoms with van der Waals surface area (Å²) in [6, 6.07) is 54.9. The molecule has 3 nitrogen and oxygen atoms in total. The van der Waals surface area contributed by atoms with Crippen LogP contribution in [0.4, 0.5) is 17.1 Å². The molecule has 0 unspecified atom stereocenters. The molecule has 9 aromatic rings. The molecule has 0 fully saturated rings. The Morgan fingerprint density at radius 2 is 1.23 bits per heavy atom. The second kappa shape index (κ2) is 9.44. The number of hydrogen-bond donors (Lipinski definition) is 0. The van der Waals surface area contributed by atoms with Gasteiger partial charge < -0.3 is 13.9 Å². The molecule has 7 aromatic carbocycles. The first-order valence-electron chi connectivity index (χ1n) is 16.1. The topological polar surface area (TPSA) is 21.3 Å². The highest BCUT2D eigenvalue weighted by Crippen LogP contribution is 2.45. The Balaban J connectivity index is 1.32. The van der Waals surface area contributed by atoms with Gasteiger partial charge >= 0.3 is 0 Å². The summed E-state index contributed by atoms with van der Waals surface area (Å²) in [4.78, 5) is 4.99. The summed E-state index contributed by atoms with van der Waals surface area (Å²) >= 11 is 1.89. The third-order valence-corrected chi connectivity index (χ3v) is 11.1. The Morgan fingerprint density at radius 3 is 2.04 bits per heavy atom. The van der Waals surface area contributed by atoms with E-state index in [1.807, 2.05) is 11.8 Å². The standard InChI is InChI=1S/C42H25BN2OS/c1-3-13-26(14-4-1)44(27-15-5-2-6-16-27)28-23-35-40-38(24-28)47-37-22-12-9-19-32(37)43(40)33-25-31-29-17-8-11-21-36(29)46-42(31)39-30-18-7-10-20-34(30)45(35)41(33)39/h1-25H. The van der Waals surface area contributed by atoms with Gasteiger partial charge in [0.15, 0.2) is 0 Å². The van der Waals surface area contributed by atoms with Gasteiger partial charge in [-0.1, -0.05) is 114 Å². The van der Waals surface area contributed by atoms with Crippen molar-refractivity contribution in [3.8, 4) is 5.69 Å². The van der Waals surface area contributed by atoms with E-state index in [2.05, 4.69) is 161 Å². The summed E-state index contributed by atoms with van der Waals surface area (Å²) in [7, 11) is 0. The molecule has 0 aliphatic carbocycles. The third kappa shape index (κ3) is 3.44. The van der Waals surface area contributed by atoms with Crippen LogP contribution in [0.25, 0.3) is 49.4 Å². The molecule has 2 aliphatic rings. The molecule has 2 aliphatic heterocycles. The molecule has 218 valence electrons. The van der Waals surface area contributed by atoms with Crippen LogP contribution in [0.3, 0.4) is 0 Å². The minimum absolute atomic E-state index is 0.103. The van der Waals surface area contributed by atoms with Gasteiger partial charge in [0.2, 0.25) is 6.71 Å². The minimum atomic E-state index is 0.103. The van der Waals surface area contributed by atoms with Crippen molar-refractivity contribution >= 4 is 95.7 Å². The molecule has 2 aromatic heterocycles. The summed E-state index contributed by atoms with van der Waals surface area (Å²) in [5.74, 6) is 0. The van der Waals surface area contributed by atoms with Gasteiger partial charge in [0.05, 0.1) is 16.4 Å². The van der Waals surface area contributed by atoms with Crippen molar-refractivity contribution < 1.29 is 4.42 Å². The van der Waals surface area contributed by atoms with E-state index in [9.17, 15) is 0 Å². The number of benzene rings is 7. The fourth-order valence-electron chi connectivity index (χ4n) is 8.13. The smallest absolute Gasteiger partial charge is 0.249 e. The molecule has 11 rings (SSSR count). The maximum atomic E-state index is 6.73. The van der Waals surface area contributed by atoms with Gasteiger partial charge in [-0.15, -0.1) is 0 Å². The van der Waals surface area contributed by atoms with Crippen LogP contribution in [0.2, 0.25) is 0 Å². The molecule has 0 amide bonds. The fraction of sp³-hybridized carbons (Fsp3) is 0. The Labute approximate surface area is 275 Å². The largest absolute Gasteiger partial charge is 0.455 e. The highest BCUT2D eigenvalue weighted by molar-refractivity contribution is 8.00. The molecule has 0 radical (unpaired) electrons. The Morgan fingerprint density at radius 1 is 0.553 bits per heavy atom. The Hall–Kier alpha value is -5.65. The van der Waals surface area contributed by atoms with Crippen molar-refractivity contribution in [3.05, 3.63) is 152 Å². The monoisotopic (exact) mass is 616 g/mol. The zero-order valence-corrected chi connectivity index (χ0v) is 26.0. The molecule has 0 atom stereocenters. The summed E-state index contributed by atoms with van der Waals surface area (Å²) in [5, 5.41) is 4.76. The number of para-hydroxylation sites is 4. The van der Waals surface area contributed by atoms with E-state index in [0.717, 1.165) is 28.2 Å². The van der Waals surface area contributed by atoms with Crippen molar-refractivity contribution in [2.45, 2.75) is 9.79 Å². The second-order valence-corrected chi connectivity index (χ2v) is 13.6. The maximum absolute atomic E-state index is 6.73. The molecule has 0 N–H and O–H groups in total. The number of fused-ring (bicyclic) bond motifs is 11. The molecule has 47 heavy (non-hydrogen) atoms. The van der Waals surface area contributed by atoms with Crippen molar-refractivity contribution in [2.24, 2.45) is 0 Å². The van der Waals surface area contributed by atoms with Gasteiger partial charge in [-0.25, -0.2) is 0 Å². The summed E-state index contributed by atoms with van der Waals surface area (Å²) in [5.41, 5.74) is 13.1. The zero-order chi connectivity index (χ0) is 30.6. The van der Waals surface area contributed by atoms with Crippen molar-refractivity contribution in [1.29, 1.82) is 0 Å². The molecule has 0 spiro atoms. The number of furan rings is 1. The molecule has 0 bridgehead atoms. The lowest BCUT2D eigenvalue weighted by molar-refractivity contribution is 0.673. The van der Waals surface area contributed by atoms with Crippen LogP contribution < -0.4 is 21.3 Å². The molecular weight excluding hydrogens is 591 g/mol. The van der Waals surface area contributed by atoms with Gasteiger partial charge in [0, 0.05) is 48.7 Å². The van der Waals surface area contributed by atoms with E-state index in [1.54, 1.807) is 0 Å². The van der Waals surface area contributed by atoms with Crippen LogP contribution in [0, 0.1) is 0 Å². The Kier molecular flexibility index (Phi) is 5.13. The van der Waals surface area contributed by atoms with E-state index < -0.39 is 0 Å². The van der Waals surface area contributed by atoms with Crippen LogP contribution in [0.5, 0.6) is 0 Å². The number of anilines is 3. The van der Waals surface area contributed by atoms with Crippen LogP contribution in [-0.4, -0.2) is 11.3 Å². The molecule has 0 saturated heterocycles. The SMILES string of the molecule is c1ccc(N(c2ccccc2)c2cc3c4c(c2)-n2c5ccccc5c5c6oc7ccccc7c6cc(c52)B4c2ccccc2S3)cc1. The molecule has 5 heteroatoms. The van der Waals surface area contributed by atoms with Crippen LogP contribution in [0.1, 0.15) is 0 Å². The highest BCUT2D eigenvalue weighted by atomic mass is 32.2. The zero-order valence-electron chi connectivity index (χ0n) is 25.2. The third-order valence-electron chi connectivity index (χ3n) is 9.99. The Bertz CT molecular complexity index is 2690. The second-order valence-electron chi connectivity index (χ2n) is 12.5. The average molecular weight is 617 g/mol. The van der Waals surface area contributed by atoms with Crippen LogP contribution in [-0.2, 0) is 0 Å². The average Bonchev–Trinajstić information content (AvgIpc) is 3.67. The quantitative estimate of drug-likeness (QED) is 0.185. The lowest BCUT2D eigenvalue weighted by Crippen LogP contribution is -2.58. The van der Waals surface area contributed by atoms with E-state index >= 15 is 0 Å². The molecule has 4 heterocycles. The maximum Gasteiger partial charge on any atom is 0.249 e. The van der Waals surface area contributed by atoms with E-state index in [-0.39, 0.29) is 6.71 Å². The van der Waals surface area contributed by atoms with E-state index in [0.29, 0.717) is 0 Å². The van der Waals surface area contributed by atoms with Gasteiger partial charge in [-0.05, 0) is 65.5 Å². The lowest BCUT2D eigenvalue weighted by atomic mass is 9.35. The first kappa shape index (κ1) is 25.5. The van der Waals surface area contributed by atoms with Crippen molar-refractivity contribution in [1.82, 2.24) is 4.57 Å². The normalized spacial score (nSPS) is 13.0. The number of rotatable bonds is 3. The van der Waals surface area contributed by atoms with Crippen LogP contribution in [0.15, 0.2) is 166 Å². The van der Waals surface area contributed by atoms with Gasteiger partial charge in [-0.2, -0.15) is 0 Å². The van der Waals surface area contributed by atoms with E-state index in [4.69, 9.17) is 4.42 Å². The van der Waals surface area contributed by atoms with Crippen LogP contribution >= 0.6 is 11.8 Å². The molecular formula is C42H25BN2OS. The molecule has 0 saturated carbocycles.